The normalized spacial score (nSPS) is 16.3. The fraction of sp³-hybridized carbons (Fsp3) is 0.938. The molecule has 8 heteroatoms. The highest BCUT2D eigenvalue weighted by atomic mass is 16.5. The van der Waals surface area contributed by atoms with Crippen molar-refractivity contribution < 1.29 is 24.4 Å². The van der Waals surface area contributed by atoms with E-state index in [0.717, 1.165) is 6.42 Å². The number of ether oxygens (including phenoxy) is 3. The Labute approximate surface area is 246 Å². The quantitative estimate of drug-likeness (QED) is 0.128. The van der Waals surface area contributed by atoms with E-state index in [1.807, 2.05) is 48.5 Å². The highest BCUT2D eigenvalue weighted by molar-refractivity contribution is 6.41. The van der Waals surface area contributed by atoms with Gasteiger partial charge in [0.25, 0.3) is 0 Å². The largest absolute Gasteiger partial charge is 0.390 e. The van der Waals surface area contributed by atoms with Crippen LogP contribution in [0.15, 0.2) is 4.99 Å². The van der Waals surface area contributed by atoms with Gasteiger partial charge in [-0.3, -0.25) is 4.99 Å². The van der Waals surface area contributed by atoms with Gasteiger partial charge < -0.3 is 35.6 Å². The lowest BCUT2D eigenvalue weighted by molar-refractivity contribution is -0.0661. The van der Waals surface area contributed by atoms with Gasteiger partial charge in [-0.2, -0.15) is 0 Å². The third-order valence-electron chi connectivity index (χ3n) is 7.78. The molecule has 0 bridgehead atoms. The zero-order chi connectivity index (χ0) is 31.8. The van der Waals surface area contributed by atoms with Crippen molar-refractivity contribution in [2.45, 2.75) is 175 Å². The molecule has 0 rings (SSSR count). The van der Waals surface area contributed by atoms with Crippen LogP contribution in [-0.2, 0) is 14.2 Å². The molecular weight excluding hydrogens is 506 g/mol. The van der Waals surface area contributed by atoms with Gasteiger partial charge in [0.1, 0.15) is 0 Å². The molecule has 0 aliphatic rings. The Morgan fingerprint density at radius 2 is 1.15 bits per heavy atom. The molecule has 0 heterocycles. The summed E-state index contributed by atoms with van der Waals surface area (Å²) in [6, 6.07) is 0. The van der Waals surface area contributed by atoms with E-state index in [2.05, 4.69) is 20.8 Å². The summed E-state index contributed by atoms with van der Waals surface area (Å²) in [5.74, 6) is 0. The Morgan fingerprint density at radius 1 is 0.700 bits per heavy atom. The van der Waals surface area contributed by atoms with Crippen molar-refractivity contribution in [1.29, 1.82) is 5.41 Å². The molecule has 8 nitrogen and oxygen atoms in total. The molecule has 0 saturated carbocycles. The van der Waals surface area contributed by atoms with Crippen molar-refractivity contribution in [3.8, 4) is 0 Å². The SMILES string of the molecule is CCC(C)(CC(=N)C(CC(C)(C)OCCC(C)(C)O)=NC(C)(C)CCOC(C)(C)C(C)(C)N)OCCC(C)(C)O. The molecule has 0 fully saturated rings. The Hall–Kier alpha value is -0.900. The van der Waals surface area contributed by atoms with Gasteiger partial charge in [-0.05, 0) is 116 Å². The van der Waals surface area contributed by atoms with E-state index < -0.39 is 39.1 Å². The molecule has 0 spiro atoms. The van der Waals surface area contributed by atoms with Gasteiger partial charge in [0, 0.05) is 25.0 Å². The smallest absolute Gasteiger partial charge is 0.0799 e. The van der Waals surface area contributed by atoms with Crippen LogP contribution < -0.4 is 5.73 Å². The maximum absolute atomic E-state index is 10.1. The van der Waals surface area contributed by atoms with Crippen LogP contribution in [0.2, 0.25) is 0 Å². The minimum atomic E-state index is -0.809. The molecule has 0 saturated heterocycles. The van der Waals surface area contributed by atoms with Crippen LogP contribution in [0.1, 0.15) is 135 Å². The topological polar surface area (TPSA) is 130 Å². The average molecular weight is 572 g/mol. The molecule has 5 N–H and O–H groups in total. The van der Waals surface area contributed by atoms with Crippen LogP contribution in [0.3, 0.4) is 0 Å². The Bertz CT molecular complexity index is 814. The highest BCUT2D eigenvalue weighted by Gasteiger charge is 2.35. The van der Waals surface area contributed by atoms with E-state index >= 15 is 0 Å². The lowest BCUT2D eigenvalue weighted by atomic mass is 9.86. The number of hydrogen-bond donors (Lipinski definition) is 4. The van der Waals surface area contributed by atoms with Gasteiger partial charge in [0.05, 0.1) is 58.2 Å². The van der Waals surface area contributed by atoms with Gasteiger partial charge in [-0.25, -0.2) is 0 Å². The summed E-state index contributed by atoms with van der Waals surface area (Å²) in [6.45, 7) is 28.5. The van der Waals surface area contributed by atoms with Gasteiger partial charge in [0.2, 0.25) is 0 Å². The second-order valence-corrected chi connectivity index (χ2v) is 15.4. The van der Waals surface area contributed by atoms with Crippen molar-refractivity contribution in [3.05, 3.63) is 0 Å². The average Bonchev–Trinajstić information content (AvgIpc) is 2.69. The zero-order valence-corrected chi connectivity index (χ0v) is 28.5. The van der Waals surface area contributed by atoms with Crippen LogP contribution in [-0.4, -0.2) is 80.5 Å². The van der Waals surface area contributed by atoms with E-state index in [1.54, 1.807) is 27.7 Å². The molecule has 0 aromatic carbocycles. The van der Waals surface area contributed by atoms with Crippen molar-refractivity contribution in [2.75, 3.05) is 19.8 Å². The first-order valence-electron chi connectivity index (χ1n) is 14.9. The molecule has 1 unspecified atom stereocenters. The van der Waals surface area contributed by atoms with Gasteiger partial charge in [0.15, 0.2) is 0 Å². The third kappa shape index (κ3) is 16.5. The second-order valence-electron chi connectivity index (χ2n) is 15.4. The van der Waals surface area contributed by atoms with E-state index in [-0.39, 0.29) is 0 Å². The highest BCUT2D eigenvalue weighted by Crippen LogP contribution is 2.28. The van der Waals surface area contributed by atoms with Gasteiger partial charge in [-0.15, -0.1) is 0 Å². The Morgan fingerprint density at radius 3 is 1.57 bits per heavy atom. The second kappa shape index (κ2) is 14.5. The fourth-order valence-electron chi connectivity index (χ4n) is 3.71. The number of hydrogen-bond acceptors (Lipinski definition) is 8. The first kappa shape index (κ1) is 39.1. The standard InChI is InChI=1S/C32H65N3O5/c1-15-32(14,40-21-18-28(6,7)37)22-24(33)25(23-29(8,9)38-20-17-27(4,5)36)35-26(2,3)16-19-39-31(12,13)30(10,11)34/h33,36-37H,15-23,34H2,1-14H3. The molecule has 0 aliphatic carbocycles. The zero-order valence-electron chi connectivity index (χ0n) is 28.5. The van der Waals surface area contributed by atoms with Crippen LogP contribution in [0, 0.1) is 5.41 Å². The molecule has 0 aliphatic heterocycles. The van der Waals surface area contributed by atoms with Crippen LogP contribution in [0.4, 0.5) is 0 Å². The molecule has 0 aromatic heterocycles. The monoisotopic (exact) mass is 571 g/mol. The van der Waals surface area contributed by atoms with E-state index in [0.29, 0.717) is 63.3 Å². The molecule has 1 atom stereocenters. The van der Waals surface area contributed by atoms with E-state index in [9.17, 15) is 10.2 Å². The van der Waals surface area contributed by atoms with Crippen molar-refractivity contribution in [2.24, 2.45) is 10.7 Å². The maximum Gasteiger partial charge on any atom is 0.0799 e. The molecule has 0 amide bonds. The predicted molar refractivity (Wildman–Crippen MR) is 168 cm³/mol. The summed E-state index contributed by atoms with van der Waals surface area (Å²) in [5.41, 5.74) is 3.19. The summed E-state index contributed by atoms with van der Waals surface area (Å²) in [5, 5.41) is 29.4. The lowest BCUT2D eigenvalue weighted by Gasteiger charge is -2.39. The Kier molecular flexibility index (Phi) is 14.2. The van der Waals surface area contributed by atoms with E-state index in [1.165, 1.54) is 0 Å². The number of rotatable bonds is 20. The first-order valence-corrected chi connectivity index (χ1v) is 14.9. The van der Waals surface area contributed by atoms with Crippen LogP contribution in [0.5, 0.6) is 0 Å². The van der Waals surface area contributed by atoms with Gasteiger partial charge >= 0.3 is 0 Å². The number of aliphatic imine (C=N–C) groups is 1. The number of aliphatic hydroxyl groups is 2. The number of nitrogens with zero attached hydrogens (tertiary/aromatic N) is 1. The number of nitrogens with one attached hydrogen (secondary N) is 1. The minimum Gasteiger partial charge on any atom is -0.390 e. The summed E-state index contributed by atoms with van der Waals surface area (Å²) in [6.07, 6.45) is 3.26. The summed E-state index contributed by atoms with van der Waals surface area (Å²) >= 11 is 0. The lowest BCUT2D eigenvalue weighted by Crippen LogP contribution is -2.54. The fourth-order valence-corrected chi connectivity index (χ4v) is 3.71. The summed E-state index contributed by atoms with van der Waals surface area (Å²) in [7, 11) is 0. The molecule has 238 valence electrons. The third-order valence-corrected chi connectivity index (χ3v) is 7.78. The number of nitrogens with two attached hydrogens (primary N) is 1. The summed E-state index contributed by atoms with van der Waals surface area (Å²) < 4.78 is 18.6. The summed E-state index contributed by atoms with van der Waals surface area (Å²) in [4.78, 5) is 5.13. The minimum absolute atomic E-state index is 0.398. The first-order chi connectivity index (χ1) is 17.6. The maximum atomic E-state index is 10.1. The van der Waals surface area contributed by atoms with Gasteiger partial charge in [-0.1, -0.05) is 6.92 Å². The molecule has 0 aromatic rings. The predicted octanol–water partition coefficient (Wildman–Crippen LogP) is 6.23. The van der Waals surface area contributed by atoms with Crippen LogP contribution >= 0.6 is 0 Å². The molecule has 40 heavy (non-hydrogen) atoms. The Balaban J connectivity index is 5.91. The van der Waals surface area contributed by atoms with E-state index in [4.69, 9.17) is 30.3 Å². The van der Waals surface area contributed by atoms with Crippen LogP contribution in [0.25, 0.3) is 0 Å². The molecular formula is C32H65N3O5. The van der Waals surface area contributed by atoms with Crippen molar-refractivity contribution >= 4 is 11.4 Å². The molecule has 0 radical (unpaired) electrons. The van der Waals surface area contributed by atoms with Crippen molar-refractivity contribution in [3.63, 3.8) is 0 Å². The van der Waals surface area contributed by atoms with Crippen molar-refractivity contribution in [1.82, 2.24) is 0 Å².